The number of carboxylic acids is 1. The minimum absolute atomic E-state index is 0.0174. The van der Waals surface area contributed by atoms with Gasteiger partial charge in [0.1, 0.15) is 28.7 Å². The zero-order valence-electron chi connectivity index (χ0n) is 17.0. The van der Waals surface area contributed by atoms with Crippen LogP contribution >= 0.6 is 0 Å². The quantitative estimate of drug-likeness (QED) is 0.291. The Morgan fingerprint density at radius 1 is 1.35 bits per heavy atom. The van der Waals surface area contributed by atoms with Gasteiger partial charge in [-0.1, -0.05) is 6.07 Å². The molecule has 2 fully saturated rings. The molecule has 1 aromatic rings. The highest BCUT2D eigenvalue weighted by Crippen LogP contribution is 2.60. The Balaban J connectivity index is 1.42. The summed E-state index contributed by atoms with van der Waals surface area (Å²) in [6.45, 7) is 2.52. The van der Waals surface area contributed by atoms with Crippen molar-refractivity contribution in [3.63, 3.8) is 0 Å². The molecule has 1 saturated carbocycles. The van der Waals surface area contributed by atoms with Gasteiger partial charge >= 0.3 is 13.1 Å². The Morgan fingerprint density at radius 3 is 2.68 bits per heavy atom. The second kappa shape index (κ2) is 7.70. The molecule has 3 aliphatic rings. The summed E-state index contributed by atoms with van der Waals surface area (Å²) in [5, 5.41) is 22.5. The van der Waals surface area contributed by atoms with E-state index >= 15 is 0 Å². The number of aromatic carboxylic acids is 1. The fourth-order valence-electron chi connectivity index (χ4n) is 4.25. The van der Waals surface area contributed by atoms with Crippen LogP contribution in [0.4, 0.5) is 0 Å². The van der Waals surface area contributed by atoms with Crippen molar-refractivity contribution in [2.45, 2.75) is 36.7 Å². The van der Waals surface area contributed by atoms with Crippen molar-refractivity contribution < 1.29 is 33.9 Å². The standard InChI is InChI=1S/C19H25BN4O7/c1-19(18(22)28,23-5-14(21)25)8-24-6-9(7-24)30-13-3-2-10-11-4-12(11)20(29)31-16(10)15(13)17(26)27/h2-3,9,11-12,23,29H,4-8H2,1H3,(H2,21,25)(H2,22,28)(H,26,27). The van der Waals surface area contributed by atoms with Crippen molar-refractivity contribution in [3.05, 3.63) is 23.3 Å². The van der Waals surface area contributed by atoms with Gasteiger partial charge < -0.3 is 31.0 Å². The SMILES string of the molecule is CC(CN1CC(Oc2ccc3c(c2C(=O)O)OB(O)C2CC32)C1)(NCC(N)=O)C(N)=O. The highest BCUT2D eigenvalue weighted by atomic mass is 16.5. The number of amides is 2. The molecule has 31 heavy (non-hydrogen) atoms. The molecular weight excluding hydrogens is 407 g/mol. The summed E-state index contributed by atoms with van der Waals surface area (Å²) < 4.78 is 11.4. The number of ether oxygens (including phenoxy) is 1. The zero-order chi connectivity index (χ0) is 22.5. The number of hydrogen-bond donors (Lipinski definition) is 5. The van der Waals surface area contributed by atoms with Gasteiger partial charge in [0.2, 0.25) is 11.8 Å². The molecule has 0 spiro atoms. The maximum atomic E-state index is 11.9. The van der Waals surface area contributed by atoms with Crippen molar-refractivity contribution in [3.8, 4) is 11.5 Å². The molecule has 1 aliphatic carbocycles. The highest BCUT2D eigenvalue weighted by Gasteiger charge is 2.54. The molecule has 1 aromatic carbocycles. The summed E-state index contributed by atoms with van der Waals surface area (Å²) >= 11 is 0. The van der Waals surface area contributed by atoms with Crippen LogP contribution in [0.5, 0.6) is 11.5 Å². The monoisotopic (exact) mass is 432 g/mol. The molecule has 2 heterocycles. The smallest absolute Gasteiger partial charge is 0.526 e. The largest absolute Gasteiger partial charge is 0.535 e. The summed E-state index contributed by atoms with van der Waals surface area (Å²) in [5.41, 5.74) is 10.1. The van der Waals surface area contributed by atoms with Crippen molar-refractivity contribution in [2.75, 3.05) is 26.2 Å². The second-order valence-corrected chi connectivity index (χ2v) is 8.63. The Labute approximate surface area is 178 Å². The highest BCUT2D eigenvalue weighted by molar-refractivity contribution is 6.48. The summed E-state index contributed by atoms with van der Waals surface area (Å²) in [7, 11) is -1.01. The van der Waals surface area contributed by atoms with E-state index in [1.54, 1.807) is 19.1 Å². The number of fused-ring (bicyclic) bond motifs is 3. The third-order valence-corrected chi connectivity index (χ3v) is 6.16. The zero-order valence-corrected chi connectivity index (χ0v) is 17.0. The van der Waals surface area contributed by atoms with Crippen molar-refractivity contribution in [1.29, 1.82) is 0 Å². The summed E-state index contributed by atoms with van der Waals surface area (Å²) in [5.74, 6) is -1.93. The number of carbonyl (C=O) groups is 3. The Kier molecular flexibility index (Phi) is 5.32. The van der Waals surface area contributed by atoms with Crippen LogP contribution in [-0.4, -0.2) is 77.8 Å². The van der Waals surface area contributed by atoms with Gasteiger partial charge in [0, 0.05) is 25.5 Å². The number of nitrogens with one attached hydrogen (secondary N) is 1. The van der Waals surface area contributed by atoms with E-state index in [0.29, 0.717) is 13.1 Å². The lowest BCUT2D eigenvalue weighted by Crippen LogP contribution is -2.65. The van der Waals surface area contributed by atoms with Crippen LogP contribution < -0.4 is 26.2 Å². The minimum Gasteiger partial charge on any atom is -0.535 e. The van der Waals surface area contributed by atoms with E-state index in [0.717, 1.165) is 12.0 Å². The fourth-order valence-corrected chi connectivity index (χ4v) is 4.25. The number of likely N-dealkylation sites (tertiary alicyclic amines) is 1. The van der Waals surface area contributed by atoms with Crippen LogP contribution in [0.15, 0.2) is 12.1 Å². The van der Waals surface area contributed by atoms with Gasteiger partial charge in [0.05, 0.1) is 6.54 Å². The fraction of sp³-hybridized carbons (Fsp3) is 0.526. The van der Waals surface area contributed by atoms with E-state index in [9.17, 15) is 24.5 Å². The van der Waals surface area contributed by atoms with Crippen LogP contribution in [0.2, 0.25) is 5.82 Å². The lowest BCUT2D eigenvalue weighted by molar-refractivity contribution is -0.126. The molecule has 2 aliphatic heterocycles. The predicted octanol–water partition coefficient (Wildman–Crippen LogP) is -1.50. The average molecular weight is 432 g/mol. The first-order valence-corrected chi connectivity index (χ1v) is 10.1. The van der Waals surface area contributed by atoms with Crippen LogP contribution in [0.3, 0.4) is 0 Å². The summed E-state index contributed by atoms with van der Waals surface area (Å²) in [6.07, 6.45) is 0.472. The van der Waals surface area contributed by atoms with Gasteiger partial charge in [-0.25, -0.2) is 4.79 Å². The molecule has 1 saturated heterocycles. The molecule has 3 atom stereocenters. The van der Waals surface area contributed by atoms with Gasteiger partial charge in [-0.2, -0.15) is 0 Å². The van der Waals surface area contributed by atoms with E-state index in [-0.39, 0.29) is 48.0 Å². The van der Waals surface area contributed by atoms with Crippen LogP contribution in [0, 0.1) is 0 Å². The normalized spacial score (nSPS) is 24.1. The van der Waals surface area contributed by atoms with Gasteiger partial charge in [-0.05, 0) is 30.9 Å². The van der Waals surface area contributed by atoms with Crippen molar-refractivity contribution >= 4 is 24.9 Å². The predicted molar refractivity (Wildman–Crippen MR) is 109 cm³/mol. The van der Waals surface area contributed by atoms with Gasteiger partial charge in [-0.3, -0.25) is 19.8 Å². The van der Waals surface area contributed by atoms with Gasteiger partial charge in [-0.15, -0.1) is 0 Å². The lowest BCUT2D eigenvalue weighted by Gasteiger charge is -2.43. The van der Waals surface area contributed by atoms with Gasteiger partial charge in [0.25, 0.3) is 0 Å². The molecule has 7 N–H and O–H groups in total. The first-order chi connectivity index (χ1) is 14.6. The lowest BCUT2D eigenvalue weighted by atomic mass is 9.77. The second-order valence-electron chi connectivity index (χ2n) is 8.63. The topological polar surface area (TPSA) is 177 Å². The third-order valence-electron chi connectivity index (χ3n) is 6.16. The molecule has 166 valence electrons. The Hall–Kier alpha value is -2.83. The van der Waals surface area contributed by atoms with Crippen LogP contribution in [-0.2, 0) is 9.59 Å². The number of carboxylic acid groups (broad SMARTS) is 1. The molecule has 12 heteroatoms. The first-order valence-electron chi connectivity index (χ1n) is 10.1. The van der Waals surface area contributed by atoms with Crippen molar-refractivity contribution in [2.24, 2.45) is 11.5 Å². The summed E-state index contributed by atoms with van der Waals surface area (Å²) in [6, 6.07) is 3.42. The number of primary amides is 2. The maximum Gasteiger partial charge on any atom is 0.526 e. The number of hydrogen-bond acceptors (Lipinski definition) is 8. The number of benzene rings is 1. The third kappa shape index (κ3) is 4.05. The molecule has 11 nitrogen and oxygen atoms in total. The van der Waals surface area contributed by atoms with E-state index in [1.807, 2.05) is 4.90 Å². The first kappa shape index (κ1) is 21.4. The molecule has 0 bridgehead atoms. The number of nitrogens with zero attached hydrogens (tertiary/aromatic N) is 1. The number of rotatable bonds is 9. The summed E-state index contributed by atoms with van der Waals surface area (Å²) in [4.78, 5) is 36.7. The minimum atomic E-state index is -1.19. The van der Waals surface area contributed by atoms with E-state index in [2.05, 4.69) is 5.32 Å². The van der Waals surface area contributed by atoms with Gasteiger partial charge in [0.15, 0.2) is 0 Å². The van der Waals surface area contributed by atoms with E-state index < -0.39 is 30.4 Å². The Morgan fingerprint density at radius 2 is 2.06 bits per heavy atom. The molecule has 0 aromatic heterocycles. The molecule has 0 radical (unpaired) electrons. The molecule has 2 amide bonds. The van der Waals surface area contributed by atoms with Crippen molar-refractivity contribution in [1.82, 2.24) is 10.2 Å². The maximum absolute atomic E-state index is 11.9. The molecule has 4 rings (SSSR count). The van der Waals surface area contributed by atoms with Crippen LogP contribution in [0.25, 0.3) is 0 Å². The van der Waals surface area contributed by atoms with E-state index in [4.69, 9.17) is 20.9 Å². The van der Waals surface area contributed by atoms with E-state index in [1.165, 1.54) is 0 Å². The molecule has 3 unspecified atom stereocenters. The number of nitrogens with two attached hydrogens (primary N) is 2. The molecular formula is C19H25BN4O7. The number of carbonyl (C=O) groups excluding carboxylic acids is 2. The van der Waals surface area contributed by atoms with Crippen LogP contribution in [0.1, 0.15) is 35.2 Å². The Bertz CT molecular complexity index is 938. The average Bonchev–Trinajstić information content (AvgIpc) is 3.45.